The summed E-state index contributed by atoms with van der Waals surface area (Å²) in [7, 11) is 3.13. The van der Waals surface area contributed by atoms with Crippen LogP contribution in [0.2, 0.25) is 0 Å². The Morgan fingerprint density at radius 3 is 2.69 bits per heavy atom. The molecule has 2 unspecified atom stereocenters. The van der Waals surface area contributed by atoms with Crippen molar-refractivity contribution < 1.29 is 14.3 Å². The quantitative estimate of drug-likeness (QED) is 0.297. The van der Waals surface area contributed by atoms with Crippen molar-refractivity contribution in [3.05, 3.63) is 29.8 Å². The Morgan fingerprint density at radius 2 is 2.04 bits per heavy atom. The van der Waals surface area contributed by atoms with Crippen LogP contribution in [0.3, 0.4) is 0 Å². The molecule has 1 aromatic carbocycles. The fourth-order valence-corrected chi connectivity index (χ4v) is 3.22. The third-order valence-electron chi connectivity index (χ3n) is 4.59. The second kappa shape index (κ2) is 11.3. The first-order chi connectivity index (χ1) is 12.1. The van der Waals surface area contributed by atoms with Crippen LogP contribution in [0.1, 0.15) is 19.4 Å². The van der Waals surface area contributed by atoms with Gasteiger partial charge in [0, 0.05) is 26.2 Å². The van der Waals surface area contributed by atoms with Gasteiger partial charge in [-0.1, -0.05) is 25.1 Å². The number of carbonyl (C=O) groups excluding carboxylic acids is 1. The van der Waals surface area contributed by atoms with E-state index in [0.717, 1.165) is 36.8 Å². The number of nitrogens with one attached hydrogen (secondary N) is 1. The Balaban J connectivity index is 0.00000338. The van der Waals surface area contributed by atoms with Crippen molar-refractivity contribution in [3.8, 4) is 5.75 Å². The largest absolute Gasteiger partial charge is 0.496 e. The Bertz CT molecular complexity index is 609. The van der Waals surface area contributed by atoms with Gasteiger partial charge in [-0.05, 0) is 30.9 Å². The lowest BCUT2D eigenvalue weighted by molar-refractivity contribution is -0.145. The highest BCUT2D eigenvalue weighted by Gasteiger charge is 2.36. The zero-order chi connectivity index (χ0) is 18.2. The van der Waals surface area contributed by atoms with E-state index in [4.69, 9.17) is 14.5 Å². The summed E-state index contributed by atoms with van der Waals surface area (Å²) in [4.78, 5) is 18.8. The fourth-order valence-electron chi connectivity index (χ4n) is 3.22. The first kappa shape index (κ1) is 22.5. The fraction of sp³-hybridized carbons (Fsp3) is 0.579. The summed E-state index contributed by atoms with van der Waals surface area (Å²) in [6, 6.07) is 8.00. The van der Waals surface area contributed by atoms with E-state index >= 15 is 0 Å². The molecule has 146 valence electrons. The Kier molecular flexibility index (Phi) is 9.75. The summed E-state index contributed by atoms with van der Waals surface area (Å²) in [5, 5.41) is 3.33. The van der Waals surface area contributed by atoms with Gasteiger partial charge in [-0.15, -0.1) is 24.0 Å². The van der Waals surface area contributed by atoms with Crippen LogP contribution in [0.15, 0.2) is 29.3 Å². The van der Waals surface area contributed by atoms with E-state index in [1.165, 1.54) is 7.11 Å². The molecule has 7 heteroatoms. The third-order valence-corrected chi connectivity index (χ3v) is 4.59. The molecule has 1 N–H and O–H groups in total. The summed E-state index contributed by atoms with van der Waals surface area (Å²) in [6.07, 6.45) is 0.808. The number of para-hydroxylation sites is 1. The highest BCUT2D eigenvalue weighted by atomic mass is 127. The summed E-state index contributed by atoms with van der Waals surface area (Å²) < 4.78 is 10.3. The Morgan fingerprint density at radius 1 is 1.31 bits per heavy atom. The van der Waals surface area contributed by atoms with Crippen LogP contribution in [-0.4, -0.2) is 57.2 Å². The molecule has 1 aliphatic heterocycles. The van der Waals surface area contributed by atoms with Crippen LogP contribution < -0.4 is 10.1 Å². The highest BCUT2D eigenvalue weighted by molar-refractivity contribution is 14.0. The topological polar surface area (TPSA) is 63.2 Å². The zero-order valence-corrected chi connectivity index (χ0v) is 18.4. The van der Waals surface area contributed by atoms with Gasteiger partial charge in [0.05, 0.1) is 20.1 Å². The zero-order valence-electron chi connectivity index (χ0n) is 16.0. The van der Waals surface area contributed by atoms with Gasteiger partial charge in [-0.25, -0.2) is 0 Å². The number of benzene rings is 1. The molecule has 1 aliphatic rings. The summed E-state index contributed by atoms with van der Waals surface area (Å²) in [5.41, 5.74) is 1.15. The number of halogens is 1. The normalized spacial score (nSPS) is 19.7. The molecule has 0 amide bonds. The van der Waals surface area contributed by atoms with Crippen molar-refractivity contribution in [3.63, 3.8) is 0 Å². The number of guanidine groups is 1. The smallest absolute Gasteiger partial charge is 0.310 e. The molecule has 0 spiro atoms. The SMILES string of the molecule is CCNC(=NCCc1ccccc1OC)N1CC(C)C(C(=O)OC)C1.I. The minimum atomic E-state index is -0.139. The first-order valence-electron chi connectivity index (χ1n) is 8.83. The lowest BCUT2D eigenvalue weighted by Crippen LogP contribution is -2.40. The standard InChI is InChI=1S/C19H29N3O3.HI/c1-5-20-19(22-12-14(2)16(13-22)18(23)25-4)21-11-10-15-8-6-7-9-17(15)24-3;/h6-9,14,16H,5,10-13H2,1-4H3,(H,20,21);1H. The van der Waals surface area contributed by atoms with Crippen molar-refractivity contribution in [2.24, 2.45) is 16.8 Å². The molecule has 2 rings (SSSR count). The first-order valence-corrected chi connectivity index (χ1v) is 8.83. The number of hydrogen-bond donors (Lipinski definition) is 1. The molecule has 1 fully saturated rings. The van der Waals surface area contributed by atoms with Gasteiger partial charge >= 0.3 is 5.97 Å². The summed E-state index contributed by atoms with van der Waals surface area (Å²) in [5.74, 6) is 1.77. The van der Waals surface area contributed by atoms with E-state index in [9.17, 15) is 4.79 Å². The molecule has 1 heterocycles. The van der Waals surface area contributed by atoms with Crippen LogP contribution in [0.4, 0.5) is 0 Å². The van der Waals surface area contributed by atoms with Gasteiger partial charge in [0.1, 0.15) is 5.75 Å². The van der Waals surface area contributed by atoms with Crippen LogP contribution in [0.25, 0.3) is 0 Å². The maximum atomic E-state index is 11.9. The maximum absolute atomic E-state index is 11.9. The Hall–Kier alpha value is -1.51. The van der Waals surface area contributed by atoms with Gasteiger partial charge in [0.2, 0.25) is 0 Å². The van der Waals surface area contributed by atoms with Gasteiger partial charge in [-0.3, -0.25) is 9.79 Å². The molecule has 0 aliphatic carbocycles. The van der Waals surface area contributed by atoms with E-state index in [-0.39, 0.29) is 41.8 Å². The molecule has 0 aromatic heterocycles. The molecular formula is C19H30IN3O3. The number of likely N-dealkylation sites (tertiary alicyclic amines) is 1. The van der Waals surface area contributed by atoms with Crippen molar-refractivity contribution >= 4 is 35.9 Å². The number of nitrogens with zero attached hydrogens (tertiary/aromatic N) is 2. The van der Waals surface area contributed by atoms with Crippen molar-refractivity contribution in [2.75, 3.05) is 40.4 Å². The monoisotopic (exact) mass is 475 g/mol. The number of rotatable bonds is 6. The van der Waals surface area contributed by atoms with Crippen LogP contribution >= 0.6 is 24.0 Å². The summed E-state index contributed by atoms with van der Waals surface area (Å²) in [6.45, 7) is 7.04. The lowest BCUT2D eigenvalue weighted by atomic mass is 9.99. The number of methoxy groups -OCH3 is 2. The number of esters is 1. The van der Waals surface area contributed by atoms with Crippen molar-refractivity contribution in [2.45, 2.75) is 20.3 Å². The molecule has 0 radical (unpaired) electrons. The molecular weight excluding hydrogens is 445 g/mol. The molecule has 0 bridgehead atoms. The van der Waals surface area contributed by atoms with E-state index in [2.05, 4.69) is 23.2 Å². The predicted molar refractivity (Wildman–Crippen MR) is 114 cm³/mol. The van der Waals surface area contributed by atoms with E-state index in [1.54, 1.807) is 7.11 Å². The van der Waals surface area contributed by atoms with Crippen LogP contribution in [0, 0.1) is 11.8 Å². The number of aliphatic imine (C=N–C) groups is 1. The molecule has 1 aromatic rings. The number of ether oxygens (including phenoxy) is 2. The summed E-state index contributed by atoms with van der Waals surface area (Å²) >= 11 is 0. The molecule has 6 nitrogen and oxygen atoms in total. The van der Waals surface area contributed by atoms with Crippen LogP contribution in [-0.2, 0) is 16.0 Å². The average Bonchev–Trinajstić information content (AvgIpc) is 3.02. The average molecular weight is 475 g/mol. The van der Waals surface area contributed by atoms with Gasteiger partial charge in [-0.2, -0.15) is 0 Å². The molecule has 0 saturated carbocycles. The minimum absolute atomic E-state index is 0. The lowest BCUT2D eigenvalue weighted by Gasteiger charge is -2.21. The van der Waals surface area contributed by atoms with Crippen molar-refractivity contribution in [1.82, 2.24) is 10.2 Å². The Labute approximate surface area is 173 Å². The minimum Gasteiger partial charge on any atom is -0.496 e. The molecule has 2 atom stereocenters. The predicted octanol–water partition coefficient (Wildman–Crippen LogP) is 2.56. The third kappa shape index (κ3) is 5.75. The maximum Gasteiger partial charge on any atom is 0.310 e. The van der Waals surface area contributed by atoms with Crippen molar-refractivity contribution in [1.29, 1.82) is 0 Å². The number of hydrogen-bond acceptors (Lipinski definition) is 4. The van der Waals surface area contributed by atoms with Gasteiger partial charge < -0.3 is 19.7 Å². The van der Waals surface area contributed by atoms with Crippen LogP contribution in [0.5, 0.6) is 5.75 Å². The molecule has 1 saturated heterocycles. The molecule has 26 heavy (non-hydrogen) atoms. The highest BCUT2D eigenvalue weighted by Crippen LogP contribution is 2.24. The van der Waals surface area contributed by atoms with Gasteiger partial charge in [0.25, 0.3) is 0 Å². The van der Waals surface area contributed by atoms with Gasteiger partial charge in [0.15, 0.2) is 5.96 Å². The number of carbonyl (C=O) groups is 1. The second-order valence-electron chi connectivity index (χ2n) is 6.31. The van der Waals surface area contributed by atoms with E-state index in [0.29, 0.717) is 13.1 Å². The van der Waals surface area contributed by atoms with E-state index < -0.39 is 0 Å². The second-order valence-corrected chi connectivity index (χ2v) is 6.31. The van der Waals surface area contributed by atoms with E-state index in [1.807, 2.05) is 25.1 Å².